The molecule has 0 spiro atoms. The van der Waals surface area contributed by atoms with E-state index in [0.717, 1.165) is 0 Å². The van der Waals surface area contributed by atoms with Gasteiger partial charge in [-0.1, -0.05) is 0 Å². The Balaban J connectivity index is 2.54. The summed E-state index contributed by atoms with van der Waals surface area (Å²) in [4.78, 5) is 24.4. The molecule has 0 saturated carbocycles. The van der Waals surface area contributed by atoms with Crippen LogP contribution in [0.3, 0.4) is 0 Å². The molecule has 0 radical (unpaired) electrons. The standard InChI is InChI=1S/C8H11N3O4S/c9-16(14,15)4-3-10-8(13)6-1-2-7(12)11-5-6/h1-2,5H,3-4H2,(H,10,13)(H,11,12)(H2,9,14,15). The second-order valence-corrected chi connectivity index (χ2v) is 4.80. The second-order valence-electron chi connectivity index (χ2n) is 3.06. The highest BCUT2D eigenvalue weighted by molar-refractivity contribution is 7.89. The molecular weight excluding hydrogens is 234 g/mol. The number of hydrogen-bond acceptors (Lipinski definition) is 4. The van der Waals surface area contributed by atoms with Gasteiger partial charge in [-0.2, -0.15) is 0 Å². The topological polar surface area (TPSA) is 122 Å². The third-order valence-corrected chi connectivity index (χ3v) is 2.49. The predicted octanol–water partition coefficient (Wildman–Crippen LogP) is -1.61. The first-order valence-electron chi connectivity index (χ1n) is 4.36. The number of hydrogen-bond donors (Lipinski definition) is 3. The van der Waals surface area contributed by atoms with Gasteiger partial charge in [0.1, 0.15) is 0 Å². The molecule has 0 aliphatic heterocycles. The van der Waals surface area contributed by atoms with Gasteiger partial charge in [0.15, 0.2) is 0 Å². The summed E-state index contributed by atoms with van der Waals surface area (Å²) >= 11 is 0. The van der Waals surface area contributed by atoms with Crippen LogP contribution in [0.15, 0.2) is 23.1 Å². The molecule has 0 unspecified atom stereocenters. The highest BCUT2D eigenvalue weighted by Crippen LogP contribution is 1.92. The SMILES string of the molecule is NS(=O)(=O)CCNC(=O)c1ccc(=O)[nH]c1. The fourth-order valence-electron chi connectivity index (χ4n) is 0.961. The first kappa shape index (κ1) is 12.4. The van der Waals surface area contributed by atoms with Gasteiger partial charge in [-0.3, -0.25) is 9.59 Å². The third-order valence-electron chi connectivity index (χ3n) is 1.72. The van der Waals surface area contributed by atoms with Gasteiger partial charge in [-0.05, 0) is 6.07 Å². The van der Waals surface area contributed by atoms with Crippen molar-refractivity contribution in [1.82, 2.24) is 10.3 Å². The molecule has 88 valence electrons. The van der Waals surface area contributed by atoms with Gasteiger partial charge in [0.05, 0.1) is 11.3 Å². The number of nitrogens with one attached hydrogen (secondary N) is 2. The van der Waals surface area contributed by atoms with Crippen LogP contribution in [0.25, 0.3) is 0 Å². The molecule has 0 bridgehead atoms. The number of aromatic amines is 1. The van der Waals surface area contributed by atoms with E-state index in [4.69, 9.17) is 5.14 Å². The van der Waals surface area contributed by atoms with Crippen LogP contribution < -0.4 is 16.0 Å². The summed E-state index contributed by atoms with van der Waals surface area (Å²) in [5.41, 5.74) is -0.0740. The average molecular weight is 245 g/mol. The maximum atomic E-state index is 11.4. The summed E-state index contributed by atoms with van der Waals surface area (Å²) in [6.07, 6.45) is 1.24. The second kappa shape index (κ2) is 4.90. The molecular formula is C8H11N3O4S. The number of aromatic nitrogens is 1. The van der Waals surface area contributed by atoms with E-state index in [1.165, 1.54) is 18.3 Å². The van der Waals surface area contributed by atoms with Gasteiger partial charge in [-0.15, -0.1) is 0 Å². The number of sulfonamides is 1. The van der Waals surface area contributed by atoms with Crippen molar-refractivity contribution in [3.05, 3.63) is 34.2 Å². The van der Waals surface area contributed by atoms with Gasteiger partial charge < -0.3 is 10.3 Å². The lowest BCUT2D eigenvalue weighted by atomic mass is 10.3. The first-order valence-corrected chi connectivity index (χ1v) is 6.07. The summed E-state index contributed by atoms with van der Waals surface area (Å²) < 4.78 is 21.1. The van der Waals surface area contributed by atoms with Gasteiger partial charge in [-0.25, -0.2) is 13.6 Å². The molecule has 7 nitrogen and oxygen atoms in total. The van der Waals surface area contributed by atoms with Crippen molar-refractivity contribution in [3.63, 3.8) is 0 Å². The molecule has 1 aromatic heterocycles. The zero-order valence-corrected chi connectivity index (χ0v) is 9.08. The fraction of sp³-hybridized carbons (Fsp3) is 0.250. The number of H-pyrrole nitrogens is 1. The van der Waals surface area contributed by atoms with E-state index in [9.17, 15) is 18.0 Å². The Morgan fingerprint density at radius 3 is 2.62 bits per heavy atom. The fourth-order valence-corrected chi connectivity index (χ4v) is 1.35. The molecule has 0 fully saturated rings. The highest BCUT2D eigenvalue weighted by Gasteiger charge is 2.07. The number of carbonyl (C=O) groups is 1. The van der Waals surface area contributed by atoms with Gasteiger partial charge >= 0.3 is 0 Å². The molecule has 4 N–H and O–H groups in total. The molecule has 0 aliphatic rings. The Kier molecular flexibility index (Phi) is 3.80. The van der Waals surface area contributed by atoms with Crippen LogP contribution in [0.1, 0.15) is 10.4 Å². The Morgan fingerprint density at radius 1 is 1.44 bits per heavy atom. The normalized spacial score (nSPS) is 11.1. The molecule has 0 aliphatic carbocycles. The van der Waals surface area contributed by atoms with E-state index in [1.807, 2.05) is 0 Å². The van der Waals surface area contributed by atoms with Crippen molar-refractivity contribution in [1.29, 1.82) is 0 Å². The third kappa shape index (κ3) is 4.24. The molecule has 8 heteroatoms. The minimum absolute atomic E-state index is 0.0726. The van der Waals surface area contributed by atoms with E-state index in [1.54, 1.807) is 0 Å². The van der Waals surface area contributed by atoms with Crippen LogP contribution >= 0.6 is 0 Å². The minimum atomic E-state index is -3.58. The Bertz CT molecular complexity index is 514. The van der Waals surface area contributed by atoms with E-state index in [2.05, 4.69) is 10.3 Å². The monoisotopic (exact) mass is 245 g/mol. The largest absolute Gasteiger partial charge is 0.351 e. The number of primary sulfonamides is 1. The molecule has 0 aromatic carbocycles. The van der Waals surface area contributed by atoms with Crippen molar-refractivity contribution in [2.75, 3.05) is 12.3 Å². The number of nitrogens with two attached hydrogens (primary N) is 1. The molecule has 0 saturated heterocycles. The lowest BCUT2D eigenvalue weighted by molar-refractivity contribution is 0.0955. The van der Waals surface area contributed by atoms with E-state index in [0.29, 0.717) is 0 Å². The molecule has 1 rings (SSSR count). The molecule has 16 heavy (non-hydrogen) atoms. The van der Waals surface area contributed by atoms with Gasteiger partial charge in [0.25, 0.3) is 5.91 Å². The number of rotatable bonds is 4. The number of amides is 1. The smallest absolute Gasteiger partial charge is 0.252 e. The zero-order chi connectivity index (χ0) is 12.2. The van der Waals surface area contributed by atoms with Crippen molar-refractivity contribution in [3.8, 4) is 0 Å². The zero-order valence-electron chi connectivity index (χ0n) is 8.26. The van der Waals surface area contributed by atoms with Crippen molar-refractivity contribution >= 4 is 15.9 Å². The summed E-state index contributed by atoms with van der Waals surface area (Å²) in [5.74, 6) is -0.804. The quantitative estimate of drug-likeness (QED) is 0.590. The van der Waals surface area contributed by atoms with E-state index >= 15 is 0 Å². The van der Waals surface area contributed by atoms with Crippen molar-refractivity contribution < 1.29 is 13.2 Å². The summed E-state index contributed by atoms with van der Waals surface area (Å²) in [6.45, 7) is -0.0726. The lowest BCUT2D eigenvalue weighted by Crippen LogP contribution is -2.31. The van der Waals surface area contributed by atoms with Gasteiger partial charge in [0.2, 0.25) is 15.6 Å². The lowest BCUT2D eigenvalue weighted by Gasteiger charge is -2.03. The van der Waals surface area contributed by atoms with Crippen LogP contribution in [0.4, 0.5) is 0 Å². The Morgan fingerprint density at radius 2 is 2.12 bits per heavy atom. The van der Waals surface area contributed by atoms with Crippen molar-refractivity contribution in [2.24, 2.45) is 5.14 Å². The summed E-state index contributed by atoms with van der Waals surface area (Å²) in [7, 11) is -3.58. The van der Waals surface area contributed by atoms with E-state index < -0.39 is 15.9 Å². The number of pyridine rings is 1. The summed E-state index contributed by atoms with van der Waals surface area (Å²) in [5, 5.41) is 7.11. The minimum Gasteiger partial charge on any atom is -0.351 e. The van der Waals surface area contributed by atoms with Gasteiger partial charge in [0, 0.05) is 18.8 Å². The van der Waals surface area contributed by atoms with Crippen LogP contribution in [-0.2, 0) is 10.0 Å². The first-order chi connectivity index (χ1) is 7.38. The van der Waals surface area contributed by atoms with E-state index in [-0.39, 0.29) is 23.4 Å². The summed E-state index contributed by atoms with van der Waals surface area (Å²) in [6, 6.07) is 2.54. The molecule has 1 amide bonds. The molecule has 1 aromatic rings. The predicted molar refractivity (Wildman–Crippen MR) is 57.4 cm³/mol. The molecule has 1 heterocycles. The van der Waals surface area contributed by atoms with Crippen LogP contribution in [-0.4, -0.2) is 31.6 Å². The molecule has 0 atom stereocenters. The highest BCUT2D eigenvalue weighted by atomic mass is 32.2. The average Bonchev–Trinajstić information content (AvgIpc) is 2.16. The Hall–Kier alpha value is -1.67. The van der Waals surface area contributed by atoms with Crippen LogP contribution in [0.5, 0.6) is 0 Å². The Labute approximate surface area is 91.7 Å². The van der Waals surface area contributed by atoms with Crippen molar-refractivity contribution in [2.45, 2.75) is 0 Å². The maximum Gasteiger partial charge on any atom is 0.252 e. The van der Waals surface area contributed by atoms with Crippen LogP contribution in [0, 0.1) is 0 Å². The maximum absolute atomic E-state index is 11.4. The number of carbonyl (C=O) groups excluding carboxylic acids is 1. The van der Waals surface area contributed by atoms with Crippen LogP contribution in [0.2, 0.25) is 0 Å².